The number of alkyl halides is 1. The largest absolute Gasteiger partial charge is 0.443 e. The Balaban J connectivity index is 1.73. The van der Waals surface area contributed by atoms with Crippen molar-refractivity contribution < 1.29 is 19.1 Å². The Morgan fingerprint density at radius 2 is 1.79 bits per heavy atom. The first-order chi connectivity index (χ1) is 13.9. The van der Waals surface area contributed by atoms with Gasteiger partial charge in [0, 0.05) is 0 Å². The second-order valence-corrected chi connectivity index (χ2v) is 14.0. The molecule has 2 aliphatic rings. The topological polar surface area (TPSA) is 81.9 Å². The summed E-state index contributed by atoms with van der Waals surface area (Å²) in [6.45, 7) is 1.81. The molecule has 0 radical (unpaired) electrons. The molecule has 2 unspecified atom stereocenters. The summed E-state index contributed by atoms with van der Waals surface area (Å²) in [5.41, 5.74) is 7.51. The zero-order valence-electron chi connectivity index (χ0n) is 15.4. The number of rotatable bonds is 4. The standard InChI is InChI=1S/C19H19ClN2O4S3/c1-19(21)27-17-22(16(23)26-17)29(28(19)12-20)18(24)25-15(13-8-4-2-5-9-13)14-10-6-3-7-11-14/h2-11,15,17H,12,21H2,1H3/t17-,19+,28?,29?/m1/s1. The van der Waals surface area contributed by atoms with Crippen LogP contribution in [0.4, 0.5) is 9.59 Å². The van der Waals surface area contributed by atoms with Crippen LogP contribution in [0.1, 0.15) is 24.2 Å². The van der Waals surface area contributed by atoms with E-state index in [4.69, 9.17) is 26.8 Å². The number of thioether (sulfide) groups is 1. The highest BCUT2D eigenvalue weighted by Crippen LogP contribution is 2.44. The van der Waals surface area contributed by atoms with Crippen molar-refractivity contribution in [1.82, 2.24) is 4.31 Å². The van der Waals surface area contributed by atoms with Crippen LogP contribution in [0, 0.1) is 0 Å². The molecule has 0 saturated carbocycles. The fraction of sp³-hybridized carbons (Fsp3) is 0.263. The predicted octanol–water partition coefficient (Wildman–Crippen LogP) is 4.29. The van der Waals surface area contributed by atoms with Gasteiger partial charge in [-0.2, -0.15) is 4.31 Å². The molecule has 0 bridgehead atoms. The summed E-state index contributed by atoms with van der Waals surface area (Å²) in [7, 11) is -2.03. The summed E-state index contributed by atoms with van der Waals surface area (Å²) >= 11 is 7.49. The highest BCUT2D eigenvalue weighted by molar-refractivity contribution is 8.53. The van der Waals surface area contributed by atoms with Gasteiger partial charge < -0.3 is 15.2 Å². The number of ether oxygens (including phenoxy) is 2. The van der Waals surface area contributed by atoms with Crippen molar-refractivity contribution in [2.24, 2.45) is 5.73 Å². The smallest absolute Gasteiger partial charge is 0.426 e. The van der Waals surface area contributed by atoms with Crippen molar-refractivity contribution in [2.75, 3.05) is 5.21 Å². The lowest BCUT2D eigenvalue weighted by molar-refractivity contribution is 0.00684. The Kier molecular flexibility index (Phi) is 5.94. The van der Waals surface area contributed by atoms with Crippen molar-refractivity contribution in [3.05, 3.63) is 71.8 Å². The maximum absolute atomic E-state index is 13.4. The third-order valence-electron chi connectivity index (χ3n) is 4.39. The van der Waals surface area contributed by atoms with E-state index in [-0.39, 0.29) is 5.21 Å². The molecule has 0 spiro atoms. The normalized spacial score (nSPS) is 28.3. The van der Waals surface area contributed by atoms with E-state index in [0.29, 0.717) is 0 Å². The van der Waals surface area contributed by atoms with E-state index in [1.54, 1.807) is 0 Å². The molecule has 1 amide bonds. The van der Waals surface area contributed by atoms with Crippen LogP contribution in [0.3, 0.4) is 0 Å². The minimum Gasteiger partial charge on any atom is -0.443 e. The molecule has 2 aromatic carbocycles. The van der Waals surface area contributed by atoms with E-state index in [2.05, 4.69) is 0 Å². The summed E-state index contributed by atoms with van der Waals surface area (Å²) in [5, 5.41) is -0.360. The number of fused-ring (bicyclic) bond motifs is 1. The molecule has 2 heterocycles. The maximum atomic E-state index is 13.4. The van der Waals surface area contributed by atoms with Crippen molar-refractivity contribution in [3.8, 4) is 0 Å². The van der Waals surface area contributed by atoms with E-state index in [1.807, 2.05) is 67.6 Å². The van der Waals surface area contributed by atoms with Gasteiger partial charge in [0.2, 0.25) is 5.56 Å². The van der Waals surface area contributed by atoms with Crippen LogP contribution >= 0.6 is 23.4 Å². The number of amides is 1. The molecule has 2 aliphatic heterocycles. The minimum atomic E-state index is -1.24. The molecular formula is C19H19ClN2O4S3. The Bertz CT molecular complexity index is 932. The molecule has 2 aromatic rings. The van der Waals surface area contributed by atoms with E-state index in [0.717, 1.165) is 11.1 Å². The second kappa shape index (κ2) is 8.31. The zero-order valence-corrected chi connectivity index (χ0v) is 18.6. The third-order valence-corrected chi connectivity index (χ3v) is 13.7. The fourth-order valence-corrected chi connectivity index (χ4v) is 12.2. The number of carbonyl (C=O) groups excluding carboxylic acids is 2. The van der Waals surface area contributed by atoms with Crippen LogP contribution in [0.25, 0.3) is 0 Å². The highest BCUT2D eigenvalue weighted by atomic mass is 35.5. The van der Waals surface area contributed by atoms with Crippen LogP contribution in [-0.2, 0) is 28.6 Å². The molecule has 6 nitrogen and oxygen atoms in total. The lowest BCUT2D eigenvalue weighted by atomic mass is 10.0. The molecule has 0 aromatic heterocycles. The molecule has 4 atom stereocenters. The predicted molar refractivity (Wildman–Crippen MR) is 119 cm³/mol. The van der Waals surface area contributed by atoms with Gasteiger partial charge in [-0.25, -0.2) is 9.59 Å². The van der Waals surface area contributed by atoms with Gasteiger partial charge in [-0.15, -0.1) is 11.6 Å². The summed E-state index contributed by atoms with van der Waals surface area (Å²) < 4.78 is 11.8. The molecular weight excluding hydrogens is 452 g/mol. The van der Waals surface area contributed by atoms with Crippen LogP contribution in [0.15, 0.2) is 60.7 Å². The Morgan fingerprint density at radius 1 is 1.24 bits per heavy atom. The number of hydrogen-bond donors (Lipinski definition) is 1. The lowest BCUT2D eigenvalue weighted by Gasteiger charge is -2.48. The van der Waals surface area contributed by atoms with Gasteiger partial charge in [-0.05, 0) is 18.1 Å². The van der Waals surface area contributed by atoms with E-state index >= 15 is 0 Å². The Hall–Kier alpha value is -1.52. The van der Waals surface area contributed by atoms with Crippen LogP contribution in [0.5, 0.6) is 0 Å². The van der Waals surface area contributed by atoms with E-state index in [9.17, 15) is 9.59 Å². The summed E-state index contributed by atoms with van der Waals surface area (Å²) in [5.74, 6) is 0. The van der Waals surface area contributed by atoms with Gasteiger partial charge in [-0.1, -0.05) is 81.9 Å². The highest BCUT2D eigenvalue weighted by Gasteiger charge is 2.53. The van der Waals surface area contributed by atoms with Crippen LogP contribution in [0.2, 0.25) is 0 Å². The molecule has 2 N–H and O–H groups in total. The molecule has 0 aliphatic carbocycles. The number of carbonyl (C=O) groups is 2. The lowest BCUT2D eigenvalue weighted by Crippen LogP contribution is -2.63. The third kappa shape index (κ3) is 3.94. The first kappa shape index (κ1) is 20.7. The van der Waals surface area contributed by atoms with Gasteiger partial charge in [0.15, 0.2) is 6.10 Å². The van der Waals surface area contributed by atoms with Crippen molar-refractivity contribution >= 4 is 53.9 Å². The van der Waals surface area contributed by atoms with Gasteiger partial charge in [-0.3, -0.25) is 0 Å². The molecule has 29 heavy (non-hydrogen) atoms. The first-order valence-corrected chi connectivity index (χ1v) is 13.2. The monoisotopic (exact) mass is 470 g/mol. The Labute approximate surface area is 182 Å². The van der Waals surface area contributed by atoms with Gasteiger partial charge in [0.05, 0.1) is 14.9 Å². The van der Waals surface area contributed by atoms with Crippen molar-refractivity contribution in [1.29, 1.82) is 0 Å². The van der Waals surface area contributed by atoms with Gasteiger partial charge >= 0.3 is 11.4 Å². The maximum Gasteiger partial charge on any atom is 0.426 e. The molecule has 1 saturated heterocycles. The SMILES string of the molecule is C[C@]1(N)S[C@H]2OC(=O)N2S(C(=O)OC(c2ccccc2)c2ccccc2)=S1CCl. The number of nitrogens with zero attached hydrogens (tertiary/aromatic N) is 1. The van der Waals surface area contributed by atoms with Crippen molar-refractivity contribution in [3.63, 3.8) is 0 Å². The summed E-state index contributed by atoms with van der Waals surface area (Å²) in [6, 6.07) is 19.0. The van der Waals surface area contributed by atoms with Gasteiger partial charge in [0.1, 0.15) is 4.20 Å². The molecule has 1 fully saturated rings. The first-order valence-electron chi connectivity index (χ1n) is 8.71. The average molecular weight is 471 g/mol. The van der Waals surface area contributed by atoms with Crippen molar-refractivity contribution in [2.45, 2.75) is 22.8 Å². The number of halogens is 1. The van der Waals surface area contributed by atoms with Crippen LogP contribution in [-0.4, -0.2) is 30.7 Å². The van der Waals surface area contributed by atoms with Crippen LogP contribution < -0.4 is 5.73 Å². The van der Waals surface area contributed by atoms with Gasteiger partial charge in [0.25, 0.3) is 0 Å². The second-order valence-electron chi connectivity index (χ2n) is 6.42. The number of nitrogens with two attached hydrogens (primary N) is 1. The minimum absolute atomic E-state index is 0.149. The zero-order chi connectivity index (χ0) is 20.6. The Morgan fingerprint density at radius 3 is 2.28 bits per heavy atom. The summed E-state index contributed by atoms with van der Waals surface area (Å²) in [6.07, 6.45) is -1.15. The van der Waals surface area contributed by atoms with E-state index in [1.165, 1.54) is 16.1 Å². The summed E-state index contributed by atoms with van der Waals surface area (Å²) in [4.78, 5) is 25.5. The average Bonchev–Trinajstić information content (AvgIpc) is 2.71. The number of hydrogen-bond acceptors (Lipinski definition) is 6. The number of benzene rings is 2. The quantitative estimate of drug-likeness (QED) is 0.530. The fourth-order valence-electron chi connectivity index (χ4n) is 2.98. The molecule has 10 heteroatoms. The molecule has 154 valence electrons. The molecule has 4 rings (SSSR count). The van der Waals surface area contributed by atoms with E-state index < -0.39 is 46.4 Å².